The quantitative estimate of drug-likeness (QED) is 0.419. The molecule has 0 aromatic heterocycles. The van der Waals surface area contributed by atoms with Gasteiger partial charge in [0.15, 0.2) is 5.75 Å². The molecule has 0 aliphatic heterocycles. The summed E-state index contributed by atoms with van der Waals surface area (Å²) in [7, 11) is 2.84. The first-order valence-electron chi connectivity index (χ1n) is 7.57. The molecule has 0 bridgehead atoms. The zero-order valence-electron chi connectivity index (χ0n) is 14.0. The third kappa shape index (κ3) is 3.95. The number of hydrogen-bond acceptors (Lipinski definition) is 5. The molecule has 0 atom stereocenters. The summed E-state index contributed by atoms with van der Waals surface area (Å²) in [6.45, 7) is 1.97. The average Bonchev–Trinajstić information content (AvgIpc) is 2.59. The lowest BCUT2D eigenvalue weighted by Crippen LogP contribution is -2.06. The van der Waals surface area contributed by atoms with Crippen LogP contribution in [-0.4, -0.2) is 25.7 Å². The highest BCUT2D eigenvalue weighted by atomic mass is 16.6. The molecule has 6 heteroatoms. The molecule has 0 fully saturated rings. The van der Waals surface area contributed by atoms with Crippen LogP contribution >= 0.6 is 0 Å². The van der Waals surface area contributed by atoms with E-state index in [4.69, 9.17) is 14.2 Å². The van der Waals surface area contributed by atoms with Crippen molar-refractivity contribution in [2.75, 3.05) is 20.8 Å². The highest BCUT2D eigenvalue weighted by molar-refractivity contribution is 5.65. The monoisotopic (exact) mass is 330 g/mol. The number of ether oxygens (including phenoxy) is 3. The fourth-order valence-electron chi connectivity index (χ4n) is 2.45. The maximum Gasteiger partial charge on any atom is 0.318 e. The molecule has 2 rings (SSSR count). The van der Waals surface area contributed by atoms with E-state index in [1.54, 1.807) is 6.92 Å². The maximum atomic E-state index is 11.3. The van der Waals surface area contributed by atoms with Crippen LogP contribution in [0.2, 0.25) is 0 Å². The van der Waals surface area contributed by atoms with E-state index in [0.29, 0.717) is 17.9 Å². The summed E-state index contributed by atoms with van der Waals surface area (Å²) in [5, 5.41) is 11.3. The van der Waals surface area contributed by atoms with Gasteiger partial charge in [0.25, 0.3) is 0 Å². The van der Waals surface area contributed by atoms with Gasteiger partial charge in [0, 0.05) is 11.6 Å². The number of methoxy groups -OCH3 is 2. The maximum absolute atomic E-state index is 11.3. The first-order chi connectivity index (χ1) is 11.6. The van der Waals surface area contributed by atoms with Gasteiger partial charge in [-0.05, 0) is 25.3 Å². The summed E-state index contributed by atoms with van der Waals surface area (Å²) in [6.07, 6.45) is 1.61. The van der Waals surface area contributed by atoms with Crippen molar-refractivity contribution in [3.8, 4) is 17.2 Å². The largest absolute Gasteiger partial charge is 0.492 e. The summed E-state index contributed by atoms with van der Waals surface area (Å²) in [6, 6.07) is 12.9. The van der Waals surface area contributed by atoms with E-state index in [9.17, 15) is 10.1 Å². The second-order valence-electron chi connectivity index (χ2n) is 5.19. The average molecular weight is 330 g/mol. The van der Waals surface area contributed by atoms with Gasteiger partial charge in [0.2, 0.25) is 11.5 Å². The van der Waals surface area contributed by atoms with Crippen LogP contribution in [0.15, 0.2) is 30.3 Å². The molecule has 24 heavy (non-hydrogen) atoms. The summed E-state index contributed by atoms with van der Waals surface area (Å²) in [5.74, 6) is 0.577. The Labute approximate surface area is 141 Å². The third-order valence-corrected chi connectivity index (χ3v) is 3.57. The molecule has 0 saturated carbocycles. The van der Waals surface area contributed by atoms with Crippen molar-refractivity contribution in [3.05, 3.63) is 57.6 Å². The highest BCUT2D eigenvalue weighted by Crippen LogP contribution is 2.45. The Morgan fingerprint density at radius 2 is 1.83 bits per heavy atom. The van der Waals surface area contributed by atoms with Crippen LogP contribution in [0, 0.1) is 23.1 Å². The summed E-state index contributed by atoms with van der Waals surface area (Å²) >= 11 is 0. The molecule has 0 saturated heterocycles. The van der Waals surface area contributed by atoms with Crippen LogP contribution in [0.25, 0.3) is 0 Å². The fraction of sp³-hybridized carbons (Fsp3) is 0.333. The van der Waals surface area contributed by atoms with Gasteiger partial charge >= 0.3 is 5.69 Å². The van der Waals surface area contributed by atoms with Gasteiger partial charge in [-0.3, -0.25) is 10.1 Å². The topological polar surface area (TPSA) is 70.8 Å². The van der Waals surface area contributed by atoms with E-state index < -0.39 is 4.92 Å². The lowest BCUT2D eigenvalue weighted by molar-refractivity contribution is -0.386. The Morgan fingerprint density at radius 3 is 2.42 bits per heavy atom. The fourth-order valence-corrected chi connectivity index (χ4v) is 2.45. The van der Waals surface area contributed by atoms with Gasteiger partial charge in [-0.15, -0.1) is 0 Å². The summed E-state index contributed by atoms with van der Waals surface area (Å²) in [5.41, 5.74) is 1.39. The van der Waals surface area contributed by atoms with E-state index >= 15 is 0 Å². The van der Waals surface area contributed by atoms with Crippen molar-refractivity contribution in [2.45, 2.75) is 19.8 Å². The number of nitro benzene ring substituents is 1. The standard InChI is InChI=1S/C18H20NO5/c1-13-12-15(22-2)17(18(23-3)16(13)19(20)21)24-11-7-10-14-8-5-4-6-9-14/h4-6,8-9H,7,10-11H2,1-3H3. The second kappa shape index (κ2) is 8.19. The Morgan fingerprint density at radius 1 is 1.12 bits per heavy atom. The van der Waals surface area contributed by atoms with Crippen LogP contribution in [0.4, 0.5) is 5.69 Å². The van der Waals surface area contributed by atoms with Crippen molar-refractivity contribution >= 4 is 5.69 Å². The van der Waals surface area contributed by atoms with Crippen LogP contribution in [0.5, 0.6) is 17.2 Å². The van der Waals surface area contributed by atoms with Crippen molar-refractivity contribution in [1.29, 1.82) is 0 Å². The minimum Gasteiger partial charge on any atom is -0.492 e. The first-order valence-corrected chi connectivity index (χ1v) is 7.57. The third-order valence-electron chi connectivity index (χ3n) is 3.57. The Balaban J connectivity index is 2.15. The van der Waals surface area contributed by atoms with E-state index in [1.807, 2.05) is 30.3 Å². The SMILES string of the molecule is COc1[c]c(C)c([N+](=O)[O-])c(OC)c1OCCCc1ccccc1. The van der Waals surface area contributed by atoms with E-state index in [0.717, 1.165) is 12.8 Å². The summed E-state index contributed by atoms with van der Waals surface area (Å²) in [4.78, 5) is 10.8. The molecule has 0 spiro atoms. The van der Waals surface area contributed by atoms with Crippen LogP contribution < -0.4 is 14.2 Å². The predicted molar refractivity (Wildman–Crippen MR) is 90.0 cm³/mol. The van der Waals surface area contributed by atoms with Crippen molar-refractivity contribution in [2.24, 2.45) is 0 Å². The molecule has 0 aliphatic rings. The first kappa shape index (κ1) is 17.6. The molecule has 2 aromatic carbocycles. The molecule has 0 N–H and O–H groups in total. The van der Waals surface area contributed by atoms with Crippen LogP contribution in [-0.2, 0) is 6.42 Å². The normalized spacial score (nSPS) is 10.3. The molecule has 6 nitrogen and oxygen atoms in total. The Bertz CT molecular complexity index is 700. The molecule has 0 amide bonds. The second-order valence-corrected chi connectivity index (χ2v) is 5.19. The number of hydrogen-bond donors (Lipinski definition) is 0. The molecule has 127 valence electrons. The smallest absolute Gasteiger partial charge is 0.318 e. The van der Waals surface area contributed by atoms with Gasteiger partial charge < -0.3 is 14.2 Å². The zero-order valence-corrected chi connectivity index (χ0v) is 14.0. The van der Waals surface area contributed by atoms with E-state index in [2.05, 4.69) is 6.07 Å². The predicted octanol–water partition coefficient (Wildman–Crippen LogP) is 3.73. The minimum atomic E-state index is -0.499. The molecule has 2 aromatic rings. The Kier molecular flexibility index (Phi) is 6.01. The number of aryl methyl sites for hydroxylation is 2. The van der Waals surface area contributed by atoms with Crippen molar-refractivity contribution in [1.82, 2.24) is 0 Å². The van der Waals surface area contributed by atoms with Crippen molar-refractivity contribution in [3.63, 3.8) is 0 Å². The van der Waals surface area contributed by atoms with Gasteiger partial charge in [-0.1, -0.05) is 30.3 Å². The number of rotatable bonds is 8. The van der Waals surface area contributed by atoms with Crippen molar-refractivity contribution < 1.29 is 19.1 Å². The lowest BCUT2D eigenvalue weighted by atomic mass is 10.1. The van der Waals surface area contributed by atoms with E-state index in [1.165, 1.54) is 19.8 Å². The van der Waals surface area contributed by atoms with Gasteiger partial charge in [0.05, 0.1) is 25.7 Å². The molecule has 0 unspecified atom stereocenters. The van der Waals surface area contributed by atoms with Gasteiger partial charge in [-0.2, -0.15) is 0 Å². The summed E-state index contributed by atoms with van der Waals surface area (Å²) < 4.78 is 16.2. The van der Waals surface area contributed by atoms with E-state index in [-0.39, 0.29) is 17.2 Å². The van der Waals surface area contributed by atoms with Gasteiger partial charge in [0.1, 0.15) is 0 Å². The molecular weight excluding hydrogens is 310 g/mol. The molecular formula is C18H20NO5. The van der Waals surface area contributed by atoms with Crippen LogP contribution in [0.1, 0.15) is 17.5 Å². The zero-order chi connectivity index (χ0) is 17.5. The number of benzene rings is 2. The number of nitrogens with zero attached hydrogens (tertiary/aromatic N) is 1. The molecule has 0 heterocycles. The van der Waals surface area contributed by atoms with Crippen LogP contribution in [0.3, 0.4) is 0 Å². The molecule has 1 radical (unpaired) electrons. The number of nitro groups is 1. The Hall–Kier alpha value is -2.76. The van der Waals surface area contributed by atoms with Gasteiger partial charge in [-0.25, -0.2) is 0 Å². The highest BCUT2D eigenvalue weighted by Gasteiger charge is 2.27. The molecule has 0 aliphatic carbocycles. The minimum absolute atomic E-state index is 0.0628. The lowest BCUT2D eigenvalue weighted by Gasteiger charge is -2.15.